The Labute approximate surface area is 159 Å². The highest BCUT2D eigenvalue weighted by atomic mass is 19.1. The van der Waals surface area contributed by atoms with E-state index >= 15 is 0 Å². The number of carbonyl (C=O) groups excluding carboxylic acids is 2. The first-order valence-corrected chi connectivity index (χ1v) is 9.07. The van der Waals surface area contributed by atoms with Crippen LogP contribution in [0.15, 0.2) is 18.2 Å². The number of fused-ring (bicyclic) bond motifs is 1. The number of H-pyrrole nitrogens is 2. The van der Waals surface area contributed by atoms with E-state index in [4.69, 9.17) is 0 Å². The van der Waals surface area contributed by atoms with Crippen molar-refractivity contribution < 1.29 is 14.0 Å². The van der Waals surface area contributed by atoms with Crippen LogP contribution in [0.1, 0.15) is 26.1 Å². The summed E-state index contributed by atoms with van der Waals surface area (Å²) in [4.78, 5) is 30.6. The maximum absolute atomic E-state index is 14.2. The summed E-state index contributed by atoms with van der Waals surface area (Å²) in [5.41, 5.74) is 0.495. The Hall–Kier alpha value is -3.30. The van der Waals surface area contributed by atoms with Gasteiger partial charge in [-0.1, -0.05) is 19.9 Å². The number of rotatable bonds is 5. The third-order valence-corrected chi connectivity index (χ3v) is 4.64. The molecule has 0 bridgehead atoms. The van der Waals surface area contributed by atoms with Gasteiger partial charge in [-0.05, 0) is 18.1 Å². The van der Waals surface area contributed by atoms with Crippen LogP contribution in [-0.2, 0) is 16.0 Å². The highest BCUT2D eigenvalue weighted by molar-refractivity contribution is 6.06. The quantitative estimate of drug-likeness (QED) is 0.621. The third-order valence-electron chi connectivity index (χ3n) is 4.64. The molecule has 28 heavy (non-hydrogen) atoms. The van der Waals surface area contributed by atoms with Crippen LogP contribution in [0.3, 0.4) is 0 Å². The number of nitrogens with zero attached hydrogens (tertiary/aromatic N) is 4. The second-order valence-corrected chi connectivity index (χ2v) is 7.31. The Bertz CT molecular complexity index is 1040. The van der Waals surface area contributed by atoms with Crippen LogP contribution in [0, 0.1) is 17.7 Å². The van der Waals surface area contributed by atoms with Crippen molar-refractivity contribution in [2.45, 2.75) is 26.7 Å². The summed E-state index contributed by atoms with van der Waals surface area (Å²) in [5.74, 6) is -0.236. The van der Waals surface area contributed by atoms with Crippen LogP contribution < -0.4 is 10.2 Å². The van der Waals surface area contributed by atoms with Gasteiger partial charge in [-0.2, -0.15) is 10.1 Å². The lowest BCUT2D eigenvalue weighted by atomic mass is 10.1. The van der Waals surface area contributed by atoms with Crippen molar-refractivity contribution in [1.82, 2.24) is 25.4 Å². The van der Waals surface area contributed by atoms with Gasteiger partial charge in [0.2, 0.25) is 17.8 Å². The lowest BCUT2D eigenvalue weighted by Crippen LogP contribution is -2.28. The molecule has 3 heterocycles. The van der Waals surface area contributed by atoms with E-state index in [9.17, 15) is 14.0 Å². The van der Waals surface area contributed by atoms with E-state index in [0.29, 0.717) is 17.3 Å². The molecule has 0 unspecified atom stereocenters. The molecule has 2 aromatic heterocycles. The molecule has 3 N–H and O–H groups in total. The summed E-state index contributed by atoms with van der Waals surface area (Å²) < 4.78 is 14.2. The molecule has 0 radical (unpaired) electrons. The lowest BCUT2D eigenvalue weighted by molar-refractivity contribution is -0.122. The molecular formula is C18H20FN7O2. The highest BCUT2D eigenvalue weighted by Gasteiger charge is 2.37. The molecule has 2 amide bonds. The zero-order valence-electron chi connectivity index (χ0n) is 15.5. The Morgan fingerprint density at radius 2 is 2.18 bits per heavy atom. The highest BCUT2D eigenvalue weighted by Crippen LogP contribution is 2.31. The monoisotopic (exact) mass is 385 g/mol. The topological polar surface area (TPSA) is 120 Å². The number of aromatic nitrogens is 5. The van der Waals surface area contributed by atoms with Crippen LogP contribution in [0.4, 0.5) is 16.2 Å². The fourth-order valence-electron chi connectivity index (χ4n) is 3.34. The van der Waals surface area contributed by atoms with Gasteiger partial charge in [-0.25, -0.2) is 4.39 Å². The van der Waals surface area contributed by atoms with E-state index in [0.717, 1.165) is 6.42 Å². The van der Waals surface area contributed by atoms with Gasteiger partial charge in [-0.3, -0.25) is 30.0 Å². The molecule has 1 fully saturated rings. The predicted octanol–water partition coefficient (Wildman–Crippen LogP) is 2.01. The Balaban J connectivity index is 1.48. The van der Waals surface area contributed by atoms with Crippen molar-refractivity contribution in [3.63, 3.8) is 0 Å². The number of nitrogens with one attached hydrogen (secondary N) is 3. The average molecular weight is 385 g/mol. The number of aromatic amines is 2. The van der Waals surface area contributed by atoms with Gasteiger partial charge in [-0.15, -0.1) is 5.10 Å². The lowest BCUT2D eigenvalue weighted by Gasteiger charge is -2.14. The summed E-state index contributed by atoms with van der Waals surface area (Å²) in [6.45, 7) is 4.23. The Kier molecular flexibility index (Phi) is 4.54. The smallest absolute Gasteiger partial charge is 0.248 e. The minimum absolute atomic E-state index is 0.0118. The summed E-state index contributed by atoms with van der Waals surface area (Å²) in [5, 5.41) is 16.5. The molecule has 3 aromatic rings. The molecule has 1 saturated heterocycles. The molecule has 10 heteroatoms. The van der Waals surface area contributed by atoms with Gasteiger partial charge in [0.25, 0.3) is 0 Å². The number of halogens is 1. The molecule has 0 spiro atoms. The van der Waals surface area contributed by atoms with Gasteiger partial charge < -0.3 is 0 Å². The second kappa shape index (κ2) is 7.02. The van der Waals surface area contributed by atoms with E-state index in [1.165, 1.54) is 11.0 Å². The molecular weight excluding hydrogens is 365 g/mol. The standard InChI is InChI=1S/C18H20FN7O2/c1-9(2)6-13-20-18(25-23-13)21-17(28)10-7-14(27)26(8-10)16-15-11(19)4-3-5-12(15)22-24-16/h3-5,9-10H,6-8H2,1-2H3,(H,22,24)(H2,20,21,23,25,28)/t10-/m1/s1. The van der Waals surface area contributed by atoms with Gasteiger partial charge in [0.1, 0.15) is 11.6 Å². The van der Waals surface area contributed by atoms with E-state index in [-0.39, 0.29) is 41.9 Å². The summed E-state index contributed by atoms with van der Waals surface area (Å²) in [6.07, 6.45) is 0.730. The SMILES string of the molecule is CC(C)Cc1nc(NC(=O)[C@@H]2CC(=O)N(c3n[nH]c4cccc(F)c34)C2)n[nH]1. The van der Waals surface area contributed by atoms with E-state index < -0.39 is 11.7 Å². The molecule has 1 aromatic carbocycles. The number of benzene rings is 1. The van der Waals surface area contributed by atoms with Crippen molar-refractivity contribution in [2.24, 2.45) is 11.8 Å². The van der Waals surface area contributed by atoms with Crippen LogP contribution in [0.2, 0.25) is 0 Å². The Morgan fingerprint density at radius 3 is 2.96 bits per heavy atom. The number of carbonyl (C=O) groups is 2. The molecule has 1 aliphatic rings. The van der Waals surface area contributed by atoms with Crippen LogP contribution >= 0.6 is 0 Å². The number of amides is 2. The zero-order valence-corrected chi connectivity index (χ0v) is 15.5. The second-order valence-electron chi connectivity index (χ2n) is 7.31. The van der Waals surface area contributed by atoms with Crippen molar-refractivity contribution in [3.8, 4) is 0 Å². The average Bonchev–Trinajstić information content (AvgIpc) is 3.33. The van der Waals surface area contributed by atoms with Crippen LogP contribution in [0.5, 0.6) is 0 Å². The molecule has 4 rings (SSSR count). The number of anilines is 2. The molecule has 1 aliphatic heterocycles. The summed E-state index contributed by atoms with van der Waals surface area (Å²) >= 11 is 0. The summed E-state index contributed by atoms with van der Waals surface area (Å²) in [6, 6.07) is 4.55. The number of hydrogen-bond donors (Lipinski definition) is 3. The maximum atomic E-state index is 14.2. The predicted molar refractivity (Wildman–Crippen MR) is 100 cm³/mol. The van der Waals surface area contributed by atoms with Crippen molar-refractivity contribution in [2.75, 3.05) is 16.8 Å². The first kappa shape index (κ1) is 18.1. The molecule has 1 atom stereocenters. The fourth-order valence-corrected chi connectivity index (χ4v) is 3.34. The molecule has 0 saturated carbocycles. The van der Waals surface area contributed by atoms with Gasteiger partial charge >= 0.3 is 0 Å². The minimum Gasteiger partial charge on any atom is -0.294 e. The molecule has 146 valence electrons. The van der Waals surface area contributed by atoms with Gasteiger partial charge in [0.15, 0.2) is 5.82 Å². The number of hydrogen-bond acceptors (Lipinski definition) is 5. The third kappa shape index (κ3) is 3.32. The van der Waals surface area contributed by atoms with Gasteiger partial charge in [0, 0.05) is 19.4 Å². The molecule has 0 aliphatic carbocycles. The van der Waals surface area contributed by atoms with Crippen molar-refractivity contribution in [3.05, 3.63) is 29.8 Å². The summed E-state index contributed by atoms with van der Waals surface area (Å²) in [7, 11) is 0. The van der Waals surface area contributed by atoms with Crippen LogP contribution in [-0.4, -0.2) is 43.7 Å². The maximum Gasteiger partial charge on any atom is 0.248 e. The normalized spacial score (nSPS) is 17.1. The van der Waals surface area contributed by atoms with Gasteiger partial charge in [0.05, 0.1) is 16.8 Å². The van der Waals surface area contributed by atoms with Crippen molar-refractivity contribution >= 4 is 34.5 Å². The van der Waals surface area contributed by atoms with Crippen LogP contribution in [0.25, 0.3) is 10.9 Å². The Morgan fingerprint density at radius 1 is 1.36 bits per heavy atom. The van der Waals surface area contributed by atoms with E-state index in [1.54, 1.807) is 12.1 Å². The van der Waals surface area contributed by atoms with E-state index in [1.807, 2.05) is 0 Å². The zero-order chi connectivity index (χ0) is 19.8. The molecule has 9 nitrogen and oxygen atoms in total. The first-order valence-electron chi connectivity index (χ1n) is 9.07. The van der Waals surface area contributed by atoms with Crippen molar-refractivity contribution in [1.29, 1.82) is 0 Å². The van der Waals surface area contributed by atoms with E-state index in [2.05, 4.69) is 44.5 Å². The fraction of sp³-hybridized carbons (Fsp3) is 0.389. The first-order chi connectivity index (χ1) is 13.4. The largest absolute Gasteiger partial charge is 0.294 e. The minimum atomic E-state index is -0.599.